The van der Waals surface area contributed by atoms with Gasteiger partial charge in [0.2, 0.25) is 0 Å². The van der Waals surface area contributed by atoms with Crippen molar-refractivity contribution in [3.05, 3.63) is 35.9 Å². The predicted octanol–water partition coefficient (Wildman–Crippen LogP) is 1.80. The highest BCUT2D eigenvalue weighted by molar-refractivity contribution is 7.86. The Morgan fingerprint density at radius 3 is 2.61 bits per heavy atom. The fourth-order valence-corrected chi connectivity index (χ4v) is 3.03. The Morgan fingerprint density at radius 1 is 1.33 bits per heavy atom. The normalized spacial score (nSPS) is 23.1. The molecule has 2 rings (SSSR count). The molecule has 0 N–H and O–H groups in total. The molecule has 18 heavy (non-hydrogen) atoms. The molecule has 0 spiro atoms. The lowest BCUT2D eigenvalue weighted by molar-refractivity contribution is 0.190. The standard InChI is InChI=1S/C13H19NO3S/c1-11(12-6-4-3-5-7-12)14-9-8-13(10-14)17-18(2,15)16/h3-7,11,13H,8-10H2,1-2H3/t11-,13-/m0/s1. The minimum absolute atomic E-state index is 0.203. The minimum Gasteiger partial charge on any atom is -0.294 e. The van der Waals surface area contributed by atoms with Crippen LogP contribution in [0.5, 0.6) is 0 Å². The zero-order valence-electron chi connectivity index (χ0n) is 10.7. The average Bonchev–Trinajstić information content (AvgIpc) is 2.75. The SMILES string of the molecule is C[C@@H](c1ccccc1)N1CC[C@H](OS(C)(=O)=O)C1. The molecule has 0 bridgehead atoms. The lowest BCUT2D eigenvalue weighted by Crippen LogP contribution is -2.27. The van der Waals surface area contributed by atoms with E-state index in [-0.39, 0.29) is 6.10 Å². The quantitative estimate of drug-likeness (QED) is 0.782. The van der Waals surface area contributed by atoms with Crippen molar-refractivity contribution in [2.75, 3.05) is 19.3 Å². The molecular formula is C13H19NO3S. The summed E-state index contributed by atoms with van der Waals surface area (Å²) in [6, 6.07) is 10.5. The Bertz CT molecular complexity index is 486. The zero-order chi connectivity index (χ0) is 13.2. The summed E-state index contributed by atoms with van der Waals surface area (Å²) in [4.78, 5) is 2.26. The molecule has 4 nitrogen and oxygen atoms in total. The van der Waals surface area contributed by atoms with E-state index in [0.29, 0.717) is 12.6 Å². The summed E-state index contributed by atoms with van der Waals surface area (Å²) in [5, 5.41) is 0. The highest BCUT2D eigenvalue weighted by Gasteiger charge is 2.29. The third-order valence-electron chi connectivity index (χ3n) is 3.32. The number of hydrogen-bond acceptors (Lipinski definition) is 4. The molecule has 0 unspecified atom stereocenters. The van der Waals surface area contributed by atoms with Crippen molar-refractivity contribution in [3.8, 4) is 0 Å². The third kappa shape index (κ3) is 3.54. The van der Waals surface area contributed by atoms with Gasteiger partial charge in [0, 0.05) is 19.1 Å². The average molecular weight is 269 g/mol. The van der Waals surface area contributed by atoms with Crippen molar-refractivity contribution in [3.63, 3.8) is 0 Å². The fraction of sp³-hybridized carbons (Fsp3) is 0.538. The molecule has 0 aromatic heterocycles. The first-order valence-electron chi connectivity index (χ1n) is 6.13. The van der Waals surface area contributed by atoms with Gasteiger partial charge in [0.05, 0.1) is 12.4 Å². The fourth-order valence-electron chi connectivity index (χ4n) is 2.37. The van der Waals surface area contributed by atoms with Gasteiger partial charge in [0.25, 0.3) is 10.1 Å². The molecule has 1 aromatic rings. The Balaban J connectivity index is 1.97. The molecule has 1 heterocycles. The van der Waals surface area contributed by atoms with Gasteiger partial charge in [-0.1, -0.05) is 30.3 Å². The molecule has 0 aliphatic carbocycles. The van der Waals surface area contributed by atoms with Crippen molar-refractivity contribution in [1.82, 2.24) is 4.90 Å². The highest BCUT2D eigenvalue weighted by atomic mass is 32.2. The van der Waals surface area contributed by atoms with E-state index in [1.165, 1.54) is 5.56 Å². The van der Waals surface area contributed by atoms with Crippen LogP contribution in [0, 0.1) is 0 Å². The Labute approximate surface area is 109 Å². The monoisotopic (exact) mass is 269 g/mol. The summed E-state index contributed by atoms with van der Waals surface area (Å²) in [5.41, 5.74) is 1.25. The van der Waals surface area contributed by atoms with Gasteiger partial charge >= 0.3 is 0 Å². The summed E-state index contributed by atoms with van der Waals surface area (Å²) in [7, 11) is -3.35. The van der Waals surface area contributed by atoms with Crippen LogP contribution >= 0.6 is 0 Å². The van der Waals surface area contributed by atoms with E-state index in [9.17, 15) is 8.42 Å². The second kappa shape index (κ2) is 5.38. The largest absolute Gasteiger partial charge is 0.294 e. The molecule has 2 atom stereocenters. The van der Waals surface area contributed by atoms with Crippen molar-refractivity contribution in [2.45, 2.75) is 25.5 Å². The first-order chi connectivity index (χ1) is 8.46. The highest BCUT2D eigenvalue weighted by Crippen LogP contribution is 2.26. The number of likely N-dealkylation sites (tertiary alicyclic amines) is 1. The van der Waals surface area contributed by atoms with Gasteiger partial charge in [-0.2, -0.15) is 8.42 Å². The van der Waals surface area contributed by atoms with Crippen molar-refractivity contribution >= 4 is 10.1 Å². The Morgan fingerprint density at radius 2 is 2.00 bits per heavy atom. The van der Waals surface area contributed by atoms with Gasteiger partial charge in [-0.3, -0.25) is 9.08 Å². The van der Waals surface area contributed by atoms with E-state index in [4.69, 9.17) is 4.18 Å². The molecule has 1 aliphatic heterocycles. The first-order valence-corrected chi connectivity index (χ1v) is 7.94. The maximum Gasteiger partial charge on any atom is 0.264 e. The van der Waals surface area contributed by atoms with E-state index in [1.54, 1.807) is 0 Å². The zero-order valence-corrected chi connectivity index (χ0v) is 11.6. The molecular weight excluding hydrogens is 250 g/mol. The second-order valence-electron chi connectivity index (χ2n) is 4.79. The van der Waals surface area contributed by atoms with E-state index in [2.05, 4.69) is 24.0 Å². The first kappa shape index (κ1) is 13.5. The summed E-state index contributed by atoms with van der Waals surface area (Å²) in [6.45, 7) is 3.68. The summed E-state index contributed by atoms with van der Waals surface area (Å²) < 4.78 is 27.2. The second-order valence-corrected chi connectivity index (χ2v) is 6.39. The molecule has 1 saturated heterocycles. The van der Waals surface area contributed by atoms with Crippen LogP contribution < -0.4 is 0 Å². The molecule has 1 aliphatic rings. The smallest absolute Gasteiger partial charge is 0.264 e. The van der Waals surface area contributed by atoms with Gasteiger partial charge in [-0.05, 0) is 18.9 Å². The van der Waals surface area contributed by atoms with Crippen LogP contribution in [-0.4, -0.2) is 38.8 Å². The summed E-state index contributed by atoms with van der Waals surface area (Å²) in [5.74, 6) is 0. The van der Waals surface area contributed by atoms with Crippen LogP contribution in [0.25, 0.3) is 0 Å². The third-order valence-corrected chi connectivity index (χ3v) is 3.94. The molecule has 5 heteroatoms. The van der Waals surface area contributed by atoms with Crippen LogP contribution in [0.2, 0.25) is 0 Å². The van der Waals surface area contributed by atoms with Crippen molar-refractivity contribution < 1.29 is 12.6 Å². The molecule has 0 amide bonds. The molecule has 0 radical (unpaired) electrons. The number of nitrogens with zero attached hydrogens (tertiary/aromatic N) is 1. The van der Waals surface area contributed by atoms with Crippen LogP contribution in [0.4, 0.5) is 0 Å². The molecule has 1 aromatic carbocycles. The van der Waals surface area contributed by atoms with E-state index >= 15 is 0 Å². The lowest BCUT2D eigenvalue weighted by atomic mass is 10.1. The Kier molecular flexibility index (Phi) is 4.04. The van der Waals surface area contributed by atoms with Gasteiger partial charge < -0.3 is 0 Å². The molecule has 100 valence electrons. The van der Waals surface area contributed by atoms with Crippen LogP contribution in [-0.2, 0) is 14.3 Å². The molecule has 0 saturated carbocycles. The van der Waals surface area contributed by atoms with Crippen LogP contribution in [0.1, 0.15) is 24.9 Å². The van der Waals surface area contributed by atoms with Gasteiger partial charge in [-0.25, -0.2) is 0 Å². The van der Waals surface area contributed by atoms with E-state index in [1.807, 2.05) is 18.2 Å². The van der Waals surface area contributed by atoms with Gasteiger partial charge in [0.15, 0.2) is 0 Å². The van der Waals surface area contributed by atoms with Crippen molar-refractivity contribution in [2.24, 2.45) is 0 Å². The topological polar surface area (TPSA) is 46.6 Å². The maximum atomic E-state index is 11.1. The minimum atomic E-state index is -3.35. The van der Waals surface area contributed by atoms with Crippen LogP contribution in [0.3, 0.4) is 0 Å². The van der Waals surface area contributed by atoms with E-state index < -0.39 is 10.1 Å². The van der Waals surface area contributed by atoms with Crippen molar-refractivity contribution in [1.29, 1.82) is 0 Å². The Hall–Kier alpha value is -0.910. The van der Waals surface area contributed by atoms with E-state index in [0.717, 1.165) is 19.2 Å². The summed E-state index contributed by atoms with van der Waals surface area (Å²) >= 11 is 0. The maximum absolute atomic E-state index is 11.1. The number of benzene rings is 1. The predicted molar refractivity (Wildman–Crippen MR) is 70.8 cm³/mol. The molecule has 1 fully saturated rings. The number of rotatable bonds is 4. The van der Waals surface area contributed by atoms with Gasteiger partial charge in [-0.15, -0.1) is 0 Å². The lowest BCUT2D eigenvalue weighted by Gasteiger charge is -2.24. The van der Waals surface area contributed by atoms with Crippen LogP contribution in [0.15, 0.2) is 30.3 Å². The van der Waals surface area contributed by atoms with Gasteiger partial charge in [0.1, 0.15) is 0 Å². The summed E-state index contributed by atoms with van der Waals surface area (Å²) in [6.07, 6.45) is 1.67. The number of hydrogen-bond donors (Lipinski definition) is 0.